The summed E-state index contributed by atoms with van der Waals surface area (Å²) in [5.41, 5.74) is 0.997. The van der Waals surface area contributed by atoms with Gasteiger partial charge in [0.05, 0.1) is 0 Å². The van der Waals surface area contributed by atoms with E-state index in [0.29, 0.717) is 10.8 Å². The van der Waals surface area contributed by atoms with Gasteiger partial charge in [0.25, 0.3) is 0 Å². The van der Waals surface area contributed by atoms with Gasteiger partial charge in [-0.3, -0.25) is 0 Å². The Hall–Kier alpha value is 0. The molecule has 1 aliphatic carbocycles. The lowest BCUT2D eigenvalue weighted by Gasteiger charge is -2.30. The molecule has 1 aliphatic rings. The number of hydrogen-bond donors (Lipinski definition) is 0. The quantitative estimate of drug-likeness (QED) is 0.182. The van der Waals surface area contributed by atoms with E-state index in [1.165, 1.54) is 103 Å². The Morgan fingerprint density at radius 3 is 1.58 bits per heavy atom. The van der Waals surface area contributed by atoms with Crippen LogP contribution in [0.15, 0.2) is 0 Å². The lowest BCUT2D eigenvalue weighted by molar-refractivity contribution is 0.208. The minimum absolute atomic E-state index is 0.496. The third kappa shape index (κ3) is 20.0. The molecule has 0 aliphatic heterocycles. The summed E-state index contributed by atoms with van der Waals surface area (Å²) in [6, 6.07) is 0. The molecule has 1 fully saturated rings. The largest absolute Gasteiger partial charge is 0.0654 e. The lowest BCUT2D eigenvalue weighted by atomic mass is 9.75. The van der Waals surface area contributed by atoms with Crippen molar-refractivity contribution in [1.29, 1.82) is 0 Å². The summed E-state index contributed by atoms with van der Waals surface area (Å²) in [5, 5.41) is 0. The van der Waals surface area contributed by atoms with Crippen molar-refractivity contribution in [3.63, 3.8) is 0 Å². The first-order chi connectivity index (χ1) is 16.7. The molecule has 36 heavy (non-hydrogen) atoms. The minimum atomic E-state index is 0.496. The Morgan fingerprint density at radius 1 is 0.611 bits per heavy atom. The minimum Gasteiger partial charge on any atom is -0.0654 e. The number of rotatable bonds is 16. The first-order valence-corrected chi connectivity index (χ1v) is 16.7. The van der Waals surface area contributed by atoms with E-state index in [-0.39, 0.29) is 0 Å². The molecule has 0 bridgehead atoms. The summed E-state index contributed by atoms with van der Waals surface area (Å²) in [5.74, 6) is 5.77. The Bertz CT molecular complexity index is 483. The van der Waals surface area contributed by atoms with Crippen molar-refractivity contribution in [3.8, 4) is 0 Å². The van der Waals surface area contributed by atoms with E-state index >= 15 is 0 Å². The fraction of sp³-hybridized carbons (Fsp3) is 1.00. The average molecular weight is 507 g/mol. The van der Waals surface area contributed by atoms with Crippen molar-refractivity contribution < 1.29 is 0 Å². The topological polar surface area (TPSA) is 0 Å². The van der Waals surface area contributed by atoms with Crippen LogP contribution in [-0.2, 0) is 0 Å². The highest BCUT2D eigenvalue weighted by molar-refractivity contribution is 4.79. The van der Waals surface area contributed by atoms with Gasteiger partial charge in [-0.1, -0.05) is 154 Å². The van der Waals surface area contributed by atoms with Crippen molar-refractivity contribution in [2.24, 2.45) is 46.3 Å². The van der Waals surface area contributed by atoms with Gasteiger partial charge in [-0.2, -0.15) is 0 Å². The van der Waals surface area contributed by atoms with E-state index in [1.54, 1.807) is 0 Å². The monoisotopic (exact) mass is 507 g/mol. The van der Waals surface area contributed by atoms with Gasteiger partial charge in [0, 0.05) is 0 Å². The zero-order valence-corrected chi connectivity index (χ0v) is 27.8. The van der Waals surface area contributed by atoms with Crippen LogP contribution in [0.5, 0.6) is 0 Å². The Kier molecular flexibility index (Phi) is 19.1. The normalized spacial score (nSPS) is 19.3. The van der Waals surface area contributed by atoms with E-state index < -0.39 is 0 Å². The smallest absolute Gasteiger partial charge is 0.0380 e. The maximum absolute atomic E-state index is 2.50. The first kappa shape index (κ1) is 36.0. The zero-order valence-electron chi connectivity index (χ0n) is 27.8. The van der Waals surface area contributed by atoms with Crippen molar-refractivity contribution in [2.45, 2.75) is 186 Å². The van der Waals surface area contributed by atoms with Gasteiger partial charge in [0.1, 0.15) is 0 Å². The van der Waals surface area contributed by atoms with Gasteiger partial charge in [0.2, 0.25) is 0 Å². The van der Waals surface area contributed by atoms with Gasteiger partial charge in [0.15, 0.2) is 0 Å². The molecule has 0 aromatic heterocycles. The summed E-state index contributed by atoms with van der Waals surface area (Å²) >= 11 is 0. The highest BCUT2D eigenvalue weighted by Crippen LogP contribution is 2.40. The van der Waals surface area contributed by atoms with Gasteiger partial charge in [-0.25, -0.2) is 0 Å². The molecule has 0 spiro atoms. The van der Waals surface area contributed by atoms with Gasteiger partial charge >= 0.3 is 0 Å². The van der Waals surface area contributed by atoms with E-state index in [4.69, 9.17) is 0 Å². The molecule has 0 amide bonds. The van der Waals surface area contributed by atoms with Crippen molar-refractivity contribution in [1.82, 2.24) is 0 Å². The second-order valence-corrected chi connectivity index (χ2v) is 15.9. The van der Waals surface area contributed by atoms with Crippen LogP contribution in [0.3, 0.4) is 0 Å². The third-order valence-corrected chi connectivity index (χ3v) is 8.95. The maximum atomic E-state index is 2.50. The van der Waals surface area contributed by atoms with Crippen molar-refractivity contribution in [3.05, 3.63) is 0 Å². The van der Waals surface area contributed by atoms with Crippen LogP contribution in [-0.4, -0.2) is 0 Å². The zero-order chi connectivity index (χ0) is 27.8. The fourth-order valence-electron chi connectivity index (χ4n) is 7.19. The molecule has 0 unspecified atom stereocenters. The molecule has 0 aromatic carbocycles. The molecule has 0 saturated heterocycles. The summed E-state index contributed by atoms with van der Waals surface area (Å²) < 4.78 is 0. The van der Waals surface area contributed by atoms with Gasteiger partial charge < -0.3 is 0 Å². The molecule has 0 aromatic rings. The Morgan fingerprint density at radius 2 is 1.14 bits per heavy atom. The SMILES string of the molecule is CCCCC[C@@H](CC)C[C@@H](C)CC(C)(C)C.CC[C@H](C)CC[C@H](C[C@@H](C)CC(C)(C)C)C1CCCC1. The molecule has 0 heterocycles. The van der Waals surface area contributed by atoms with Crippen molar-refractivity contribution in [2.75, 3.05) is 0 Å². The van der Waals surface area contributed by atoms with Gasteiger partial charge in [-0.15, -0.1) is 0 Å². The van der Waals surface area contributed by atoms with Crippen LogP contribution >= 0.6 is 0 Å². The van der Waals surface area contributed by atoms with E-state index in [2.05, 4.69) is 83.1 Å². The molecule has 0 heteroatoms. The standard InChI is InChI=1S/C20H40.C16H34/c1-7-16(2)12-13-19(18-10-8-9-11-18)14-17(3)15-20(4,5)6;1-7-9-10-11-15(8-2)12-14(3)13-16(4,5)6/h16-19H,7-15H2,1-6H3;14-15H,7-13H2,1-6H3/t16-,17+,19+;14-,15-/m01/s1. The Labute approximate surface area is 232 Å². The summed E-state index contributed by atoms with van der Waals surface area (Å²) in [7, 11) is 0. The summed E-state index contributed by atoms with van der Waals surface area (Å²) in [6.45, 7) is 28.6. The summed E-state index contributed by atoms with van der Waals surface area (Å²) in [4.78, 5) is 0. The molecular weight excluding hydrogens is 432 g/mol. The molecule has 218 valence electrons. The molecule has 1 rings (SSSR count). The van der Waals surface area contributed by atoms with Gasteiger partial charge in [-0.05, 0) is 78.4 Å². The van der Waals surface area contributed by atoms with Crippen LogP contribution < -0.4 is 0 Å². The second kappa shape index (κ2) is 19.1. The maximum Gasteiger partial charge on any atom is -0.0380 e. The van der Waals surface area contributed by atoms with E-state index in [9.17, 15) is 0 Å². The molecule has 0 N–H and O–H groups in total. The lowest BCUT2D eigenvalue weighted by Crippen LogP contribution is -2.19. The number of unbranched alkanes of at least 4 members (excludes halogenated alkanes) is 2. The molecule has 0 radical (unpaired) electrons. The molecule has 0 nitrogen and oxygen atoms in total. The van der Waals surface area contributed by atoms with Crippen LogP contribution in [0.4, 0.5) is 0 Å². The highest BCUT2D eigenvalue weighted by atomic mass is 14.3. The molecule has 1 saturated carbocycles. The van der Waals surface area contributed by atoms with E-state index in [1.807, 2.05) is 0 Å². The highest BCUT2D eigenvalue weighted by Gasteiger charge is 2.27. The average Bonchev–Trinajstić information content (AvgIpc) is 3.28. The van der Waals surface area contributed by atoms with Crippen LogP contribution in [0.1, 0.15) is 186 Å². The molecular formula is C36H74. The second-order valence-electron chi connectivity index (χ2n) is 15.9. The first-order valence-electron chi connectivity index (χ1n) is 16.7. The number of hydrogen-bond acceptors (Lipinski definition) is 0. The van der Waals surface area contributed by atoms with Crippen LogP contribution in [0.2, 0.25) is 0 Å². The van der Waals surface area contributed by atoms with Crippen LogP contribution in [0.25, 0.3) is 0 Å². The molecule has 5 atom stereocenters. The fourth-order valence-corrected chi connectivity index (χ4v) is 7.19. The Balaban J connectivity index is 0.000000700. The van der Waals surface area contributed by atoms with Crippen molar-refractivity contribution >= 4 is 0 Å². The predicted octanol–water partition coefficient (Wildman–Crippen LogP) is 13.1. The van der Waals surface area contributed by atoms with E-state index in [0.717, 1.165) is 35.5 Å². The third-order valence-electron chi connectivity index (χ3n) is 8.95. The van der Waals surface area contributed by atoms with Crippen LogP contribution in [0, 0.1) is 46.3 Å². The summed E-state index contributed by atoms with van der Waals surface area (Å²) in [6.07, 6.45) is 23.1. The predicted molar refractivity (Wildman–Crippen MR) is 168 cm³/mol.